The number of aromatic nitrogens is 1. The molecule has 0 saturated heterocycles. The van der Waals surface area contributed by atoms with Gasteiger partial charge >= 0.3 is 6.18 Å². The summed E-state index contributed by atoms with van der Waals surface area (Å²) in [6.07, 6.45) is 8.75. The van der Waals surface area contributed by atoms with E-state index in [1.165, 1.54) is 74.5 Å². The quantitative estimate of drug-likeness (QED) is 0.433. The predicted octanol–water partition coefficient (Wildman–Crippen LogP) is 8.64. The minimum Gasteiger partial charge on any atom is -0.237 e. The van der Waals surface area contributed by atoms with Gasteiger partial charge in [0.05, 0.1) is 5.01 Å². The van der Waals surface area contributed by atoms with Gasteiger partial charge in [-0.2, -0.15) is 13.2 Å². The van der Waals surface area contributed by atoms with Crippen LogP contribution in [-0.2, 0) is 12.6 Å². The highest BCUT2D eigenvalue weighted by atomic mass is 32.1. The maximum atomic E-state index is 13.0. The van der Waals surface area contributed by atoms with Crippen LogP contribution in [0.2, 0.25) is 0 Å². The Morgan fingerprint density at radius 3 is 2.47 bits per heavy atom. The monoisotopic (exact) mass is 467 g/mol. The van der Waals surface area contributed by atoms with Crippen molar-refractivity contribution in [3.8, 4) is 0 Å². The Balaban J connectivity index is 1.31. The van der Waals surface area contributed by atoms with Crippen LogP contribution in [0, 0.1) is 52.3 Å². The third-order valence-corrected chi connectivity index (χ3v) is 11.9. The fraction of sp³-hybridized carbons (Fsp3) is 0.889. The molecule has 0 amide bonds. The summed E-state index contributed by atoms with van der Waals surface area (Å²) in [5, 5.41) is 1.85. The zero-order chi connectivity index (χ0) is 22.9. The number of alkyl halides is 3. The normalized spacial score (nSPS) is 45.1. The number of hydrogen-bond donors (Lipinski definition) is 0. The molecule has 4 aliphatic carbocycles. The molecule has 1 heterocycles. The molecule has 1 nitrogen and oxygen atoms in total. The van der Waals surface area contributed by atoms with Crippen LogP contribution in [0.5, 0.6) is 0 Å². The molecule has 3 unspecified atom stereocenters. The summed E-state index contributed by atoms with van der Waals surface area (Å²) in [6.45, 7) is 9.91. The molecule has 32 heavy (non-hydrogen) atoms. The number of rotatable bonds is 3. The van der Waals surface area contributed by atoms with Crippen molar-refractivity contribution < 1.29 is 13.2 Å². The van der Waals surface area contributed by atoms with Crippen molar-refractivity contribution in [3.05, 3.63) is 16.1 Å². The van der Waals surface area contributed by atoms with Gasteiger partial charge in [0.1, 0.15) is 0 Å². The Morgan fingerprint density at radius 1 is 1.03 bits per heavy atom. The standard InChI is InChI=1S/C27H40F3NS/c1-16-9-11-25(3)18(13-16)5-6-19-21-8-7-20(26(21,4)12-10-22(19)25)17(2)14-24-31-23(15-32-24)27(28,29)30/h15-22H,5-14H2,1-4H3/t16-,17+,18+,19-,20?,21?,22?,25-,26+/m0/s1. The van der Waals surface area contributed by atoms with Gasteiger partial charge < -0.3 is 0 Å². The second-order valence-corrected chi connectivity index (χ2v) is 13.5. The molecule has 5 heteroatoms. The van der Waals surface area contributed by atoms with Crippen LogP contribution in [0.15, 0.2) is 5.38 Å². The SMILES string of the molecule is C[C@H]1CC[C@]2(C)C3CC[C@@]4(C)C(CCC4[C@H](C)Cc4nc(C(F)(F)F)cs4)[C@@H]3CC[C@@H]2C1. The average molecular weight is 468 g/mol. The molecule has 0 N–H and O–H groups in total. The zero-order valence-electron chi connectivity index (χ0n) is 20.2. The van der Waals surface area contributed by atoms with E-state index in [4.69, 9.17) is 0 Å². The van der Waals surface area contributed by atoms with E-state index in [-0.39, 0.29) is 0 Å². The first-order valence-corrected chi connectivity index (χ1v) is 13.9. The van der Waals surface area contributed by atoms with E-state index in [0.29, 0.717) is 34.1 Å². The van der Waals surface area contributed by atoms with Crippen molar-refractivity contribution in [2.45, 2.75) is 98.1 Å². The summed E-state index contributed by atoms with van der Waals surface area (Å²) in [5.74, 6) is 5.43. The largest absolute Gasteiger partial charge is 0.434 e. The molecule has 1 aromatic heterocycles. The number of halogens is 3. The Morgan fingerprint density at radius 2 is 1.75 bits per heavy atom. The van der Waals surface area contributed by atoms with Crippen molar-refractivity contribution in [1.82, 2.24) is 4.98 Å². The van der Waals surface area contributed by atoms with Crippen LogP contribution in [0.4, 0.5) is 13.2 Å². The number of fused-ring (bicyclic) bond motifs is 5. The fourth-order valence-electron chi connectivity index (χ4n) is 9.40. The minimum absolute atomic E-state index is 0.357. The Bertz CT molecular complexity index is 833. The second-order valence-electron chi connectivity index (χ2n) is 12.6. The van der Waals surface area contributed by atoms with Crippen LogP contribution < -0.4 is 0 Å². The zero-order valence-corrected chi connectivity index (χ0v) is 21.0. The van der Waals surface area contributed by atoms with E-state index in [2.05, 4.69) is 32.7 Å². The molecule has 0 radical (unpaired) electrons. The molecule has 1 aromatic rings. The summed E-state index contributed by atoms with van der Waals surface area (Å²) < 4.78 is 39.0. The van der Waals surface area contributed by atoms with Gasteiger partial charge in [0.2, 0.25) is 0 Å². The number of thiazole rings is 1. The van der Waals surface area contributed by atoms with Gasteiger partial charge in [-0.3, -0.25) is 0 Å². The summed E-state index contributed by atoms with van der Waals surface area (Å²) in [6, 6.07) is 0. The molecule has 0 bridgehead atoms. The predicted molar refractivity (Wildman–Crippen MR) is 124 cm³/mol. The molecule has 0 aromatic carbocycles. The van der Waals surface area contributed by atoms with E-state index in [1.54, 1.807) is 0 Å². The van der Waals surface area contributed by atoms with E-state index in [1.807, 2.05) is 0 Å². The van der Waals surface area contributed by atoms with Crippen LogP contribution in [-0.4, -0.2) is 4.98 Å². The van der Waals surface area contributed by atoms with Gasteiger partial charge in [-0.25, -0.2) is 4.98 Å². The van der Waals surface area contributed by atoms with Crippen LogP contribution in [0.1, 0.15) is 96.2 Å². The van der Waals surface area contributed by atoms with Crippen LogP contribution >= 0.6 is 11.3 Å². The smallest absolute Gasteiger partial charge is 0.237 e. The number of nitrogens with zero attached hydrogens (tertiary/aromatic N) is 1. The van der Waals surface area contributed by atoms with Crippen molar-refractivity contribution in [3.63, 3.8) is 0 Å². The highest BCUT2D eigenvalue weighted by Crippen LogP contribution is 2.68. The lowest BCUT2D eigenvalue weighted by Gasteiger charge is -2.61. The van der Waals surface area contributed by atoms with Crippen molar-refractivity contribution >= 4 is 11.3 Å². The van der Waals surface area contributed by atoms with Crippen LogP contribution in [0.3, 0.4) is 0 Å². The molecule has 4 aliphatic rings. The molecule has 5 rings (SSSR count). The molecule has 4 fully saturated rings. The van der Waals surface area contributed by atoms with Crippen molar-refractivity contribution in [2.24, 2.45) is 52.3 Å². The summed E-state index contributed by atoms with van der Waals surface area (Å²) in [4.78, 5) is 3.94. The Hall–Kier alpha value is -0.580. The first-order chi connectivity index (χ1) is 15.0. The lowest BCUT2D eigenvalue weighted by Crippen LogP contribution is -2.53. The molecule has 180 valence electrons. The topological polar surface area (TPSA) is 12.9 Å². The third kappa shape index (κ3) is 3.67. The lowest BCUT2D eigenvalue weighted by atomic mass is 9.44. The average Bonchev–Trinajstić information content (AvgIpc) is 3.32. The molecule has 9 atom stereocenters. The van der Waals surface area contributed by atoms with Gasteiger partial charge in [0.15, 0.2) is 5.69 Å². The lowest BCUT2D eigenvalue weighted by molar-refractivity contribution is -0.140. The molecule has 0 aliphatic heterocycles. The first kappa shape index (κ1) is 23.2. The maximum absolute atomic E-state index is 13.0. The Labute approximate surface area is 196 Å². The number of hydrogen-bond acceptors (Lipinski definition) is 2. The minimum atomic E-state index is -4.33. The molecule has 4 saturated carbocycles. The van der Waals surface area contributed by atoms with Crippen LogP contribution in [0.25, 0.3) is 0 Å². The summed E-state index contributed by atoms with van der Waals surface area (Å²) >= 11 is 1.19. The van der Waals surface area contributed by atoms with Crippen molar-refractivity contribution in [2.75, 3.05) is 0 Å². The van der Waals surface area contributed by atoms with Gasteiger partial charge in [-0.1, -0.05) is 34.1 Å². The first-order valence-electron chi connectivity index (χ1n) is 13.0. The fourth-order valence-corrected chi connectivity index (χ4v) is 10.3. The molecular weight excluding hydrogens is 427 g/mol. The Kier molecular flexibility index (Phi) is 5.78. The van der Waals surface area contributed by atoms with Gasteiger partial charge in [-0.05, 0) is 104 Å². The van der Waals surface area contributed by atoms with E-state index >= 15 is 0 Å². The highest BCUT2D eigenvalue weighted by molar-refractivity contribution is 7.09. The maximum Gasteiger partial charge on any atom is 0.434 e. The van der Waals surface area contributed by atoms with Gasteiger partial charge in [0, 0.05) is 11.8 Å². The second kappa shape index (κ2) is 7.99. The molecular formula is C27H40F3NS. The van der Waals surface area contributed by atoms with Gasteiger partial charge in [-0.15, -0.1) is 11.3 Å². The summed E-state index contributed by atoms with van der Waals surface area (Å²) in [5.41, 5.74) is 0.193. The van der Waals surface area contributed by atoms with E-state index < -0.39 is 11.9 Å². The van der Waals surface area contributed by atoms with Crippen molar-refractivity contribution in [1.29, 1.82) is 0 Å². The summed E-state index contributed by atoms with van der Waals surface area (Å²) in [7, 11) is 0. The van der Waals surface area contributed by atoms with Gasteiger partial charge in [0.25, 0.3) is 0 Å². The highest BCUT2D eigenvalue weighted by Gasteiger charge is 2.60. The van der Waals surface area contributed by atoms with E-state index in [9.17, 15) is 13.2 Å². The third-order valence-electron chi connectivity index (χ3n) is 11.0. The van der Waals surface area contributed by atoms with E-state index in [0.717, 1.165) is 29.6 Å². The molecule has 0 spiro atoms.